The van der Waals surface area contributed by atoms with E-state index < -0.39 is 0 Å². The van der Waals surface area contributed by atoms with Gasteiger partial charge in [0.1, 0.15) is 0 Å². The molecule has 0 unspecified atom stereocenters. The van der Waals surface area contributed by atoms with Crippen LogP contribution in [-0.4, -0.2) is 11.9 Å². The van der Waals surface area contributed by atoms with Gasteiger partial charge in [-0.2, -0.15) is 0 Å². The van der Waals surface area contributed by atoms with E-state index in [0.29, 0.717) is 11.5 Å². The first-order valence-corrected chi connectivity index (χ1v) is 5.47. The van der Waals surface area contributed by atoms with E-state index in [0.717, 1.165) is 0 Å². The molecule has 0 aromatic rings. The standard InChI is InChI=1S/C9H15NO.C2H6/c1-7(11)10-8-5-9(6-8)3-2-4-9;1-2/h8H,2-6H2,1H3,(H,10,11);1-2H3. The van der Waals surface area contributed by atoms with E-state index in [2.05, 4.69) is 5.32 Å². The molecular weight excluding hydrogens is 162 g/mol. The van der Waals surface area contributed by atoms with E-state index in [1.807, 2.05) is 13.8 Å². The van der Waals surface area contributed by atoms with E-state index in [1.165, 1.54) is 32.1 Å². The lowest BCUT2D eigenvalue weighted by Crippen LogP contribution is -2.53. The highest BCUT2D eigenvalue weighted by Crippen LogP contribution is 2.55. The Morgan fingerprint density at radius 1 is 1.31 bits per heavy atom. The summed E-state index contributed by atoms with van der Waals surface area (Å²) in [4.78, 5) is 10.7. The zero-order chi connectivity index (χ0) is 9.90. The van der Waals surface area contributed by atoms with Crippen LogP contribution in [-0.2, 0) is 4.79 Å². The first kappa shape index (κ1) is 10.6. The van der Waals surface area contributed by atoms with Crippen LogP contribution in [0.5, 0.6) is 0 Å². The number of carbonyl (C=O) groups excluding carboxylic acids is 1. The van der Waals surface area contributed by atoms with Crippen LogP contribution in [0.2, 0.25) is 0 Å². The average molecular weight is 183 g/mol. The van der Waals surface area contributed by atoms with Gasteiger partial charge in [0.25, 0.3) is 0 Å². The summed E-state index contributed by atoms with van der Waals surface area (Å²) in [5.41, 5.74) is 0.688. The molecular formula is C11H21NO. The Bertz CT molecular complexity index is 177. The summed E-state index contributed by atoms with van der Waals surface area (Å²) in [6.45, 7) is 5.60. The molecule has 0 aromatic heterocycles. The van der Waals surface area contributed by atoms with Gasteiger partial charge < -0.3 is 5.32 Å². The lowest BCUT2D eigenvalue weighted by atomic mass is 9.54. The van der Waals surface area contributed by atoms with Gasteiger partial charge in [-0.3, -0.25) is 4.79 Å². The minimum Gasteiger partial charge on any atom is -0.354 e. The first-order valence-electron chi connectivity index (χ1n) is 5.47. The number of nitrogens with one attached hydrogen (secondary N) is 1. The van der Waals surface area contributed by atoms with E-state index >= 15 is 0 Å². The van der Waals surface area contributed by atoms with Gasteiger partial charge in [0, 0.05) is 13.0 Å². The maximum atomic E-state index is 10.7. The number of amides is 1. The van der Waals surface area contributed by atoms with Crippen molar-refractivity contribution in [2.75, 3.05) is 0 Å². The van der Waals surface area contributed by atoms with Crippen molar-refractivity contribution in [3.63, 3.8) is 0 Å². The Morgan fingerprint density at radius 3 is 2.15 bits per heavy atom. The summed E-state index contributed by atoms with van der Waals surface area (Å²) in [7, 11) is 0. The lowest BCUT2D eigenvalue weighted by molar-refractivity contribution is -0.122. The molecule has 0 radical (unpaired) electrons. The fraction of sp³-hybridized carbons (Fsp3) is 0.909. The predicted molar refractivity (Wildman–Crippen MR) is 54.5 cm³/mol. The largest absolute Gasteiger partial charge is 0.354 e. The third-order valence-corrected chi connectivity index (χ3v) is 3.18. The molecule has 1 N–H and O–H groups in total. The molecule has 0 bridgehead atoms. The molecule has 2 saturated carbocycles. The summed E-state index contributed by atoms with van der Waals surface area (Å²) in [6, 6.07) is 0.507. The van der Waals surface area contributed by atoms with Gasteiger partial charge in [0.15, 0.2) is 0 Å². The highest BCUT2D eigenvalue weighted by molar-refractivity contribution is 5.73. The number of hydrogen-bond acceptors (Lipinski definition) is 1. The van der Waals surface area contributed by atoms with Crippen LogP contribution in [0.25, 0.3) is 0 Å². The van der Waals surface area contributed by atoms with Gasteiger partial charge in [-0.15, -0.1) is 0 Å². The molecule has 2 heteroatoms. The van der Waals surface area contributed by atoms with Crippen LogP contribution in [0.15, 0.2) is 0 Å². The smallest absolute Gasteiger partial charge is 0.217 e. The molecule has 0 aliphatic heterocycles. The monoisotopic (exact) mass is 183 g/mol. The molecule has 0 atom stereocenters. The van der Waals surface area contributed by atoms with E-state index in [4.69, 9.17) is 0 Å². The van der Waals surface area contributed by atoms with Gasteiger partial charge in [-0.1, -0.05) is 20.3 Å². The van der Waals surface area contributed by atoms with Crippen molar-refractivity contribution in [3.8, 4) is 0 Å². The van der Waals surface area contributed by atoms with Crippen molar-refractivity contribution in [3.05, 3.63) is 0 Å². The Hall–Kier alpha value is -0.530. The molecule has 2 rings (SSSR count). The third kappa shape index (κ3) is 2.23. The Morgan fingerprint density at radius 2 is 1.85 bits per heavy atom. The van der Waals surface area contributed by atoms with Crippen LogP contribution in [0.1, 0.15) is 52.9 Å². The molecule has 2 aliphatic carbocycles. The Balaban J connectivity index is 0.000000396. The van der Waals surface area contributed by atoms with E-state index in [-0.39, 0.29) is 5.91 Å². The van der Waals surface area contributed by atoms with Crippen LogP contribution < -0.4 is 5.32 Å². The molecule has 2 fully saturated rings. The van der Waals surface area contributed by atoms with Gasteiger partial charge in [0.05, 0.1) is 0 Å². The summed E-state index contributed by atoms with van der Waals surface area (Å²) in [6.07, 6.45) is 6.71. The summed E-state index contributed by atoms with van der Waals surface area (Å²) >= 11 is 0. The number of rotatable bonds is 1. The van der Waals surface area contributed by atoms with Gasteiger partial charge in [0.2, 0.25) is 5.91 Å². The third-order valence-electron chi connectivity index (χ3n) is 3.18. The molecule has 0 aromatic carbocycles. The highest BCUT2D eigenvalue weighted by atomic mass is 16.1. The SMILES string of the molecule is CC.CC(=O)NC1CC2(CCC2)C1. The second-order valence-electron chi connectivity index (χ2n) is 4.16. The zero-order valence-electron chi connectivity index (χ0n) is 9.02. The normalized spacial score (nSPS) is 23.6. The average Bonchev–Trinajstić information content (AvgIpc) is 1.96. The van der Waals surface area contributed by atoms with Crippen molar-refractivity contribution >= 4 is 5.91 Å². The van der Waals surface area contributed by atoms with E-state index in [1.54, 1.807) is 6.92 Å². The summed E-state index contributed by atoms with van der Waals surface area (Å²) in [5, 5.41) is 2.96. The lowest BCUT2D eigenvalue weighted by Gasteiger charge is -2.54. The quantitative estimate of drug-likeness (QED) is 0.665. The van der Waals surface area contributed by atoms with Gasteiger partial charge in [-0.05, 0) is 31.1 Å². The van der Waals surface area contributed by atoms with Crippen molar-refractivity contribution in [1.29, 1.82) is 0 Å². The second-order valence-corrected chi connectivity index (χ2v) is 4.16. The molecule has 13 heavy (non-hydrogen) atoms. The molecule has 1 amide bonds. The van der Waals surface area contributed by atoms with E-state index in [9.17, 15) is 4.79 Å². The summed E-state index contributed by atoms with van der Waals surface area (Å²) < 4.78 is 0. The minimum absolute atomic E-state index is 0.129. The maximum Gasteiger partial charge on any atom is 0.217 e. The van der Waals surface area contributed by atoms with Gasteiger partial charge >= 0.3 is 0 Å². The fourth-order valence-corrected chi connectivity index (χ4v) is 2.46. The molecule has 1 spiro atoms. The topological polar surface area (TPSA) is 29.1 Å². The van der Waals surface area contributed by atoms with Crippen LogP contribution in [0.4, 0.5) is 0 Å². The van der Waals surface area contributed by atoms with Crippen LogP contribution in [0, 0.1) is 5.41 Å². The fourth-order valence-electron chi connectivity index (χ4n) is 2.46. The number of carbonyl (C=O) groups is 1. The predicted octanol–water partition coefficient (Wildman–Crippen LogP) is 2.48. The molecule has 76 valence electrons. The highest BCUT2D eigenvalue weighted by Gasteiger charge is 2.48. The van der Waals surface area contributed by atoms with Crippen LogP contribution >= 0.6 is 0 Å². The minimum atomic E-state index is 0.129. The van der Waals surface area contributed by atoms with Crippen molar-refractivity contribution in [2.45, 2.75) is 58.9 Å². The van der Waals surface area contributed by atoms with Gasteiger partial charge in [-0.25, -0.2) is 0 Å². The second kappa shape index (κ2) is 4.12. The van der Waals surface area contributed by atoms with Crippen molar-refractivity contribution in [1.82, 2.24) is 5.32 Å². The Kier molecular flexibility index (Phi) is 3.34. The maximum absolute atomic E-state index is 10.7. The zero-order valence-corrected chi connectivity index (χ0v) is 9.02. The molecule has 2 aliphatic rings. The molecule has 0 heterocycles. The number of hydrogen-bond donors (Lipinski definition) is 1. The first-order chi connectivity index (χ1) is 6.20. The van der Waals surface area contributed by atoms with Crippen molar-refractivity contribution in [2.24, 2.45) is 5.41 Å². The Labute approximate surface area is 81.1 Å². The summed E-state index contributed by atoms with van der Waals surface area (Å²) in [5.74, 6) is 0.129. The van der Waals surface area contributed by atoms with Crippen LogP contribution in [0.3, 0.4) is 0 Å². The molecule has 0 saturated heterocycles. The van der Waals surface area contributed by atoms with Crippen molar-refractivity contribution < 1.29 is 4.79 Å². The molecule has 2 nitrogen and oxygen atoms in total.